The number of nitrogens with one attached hydrogen (secondary N) is 1. The first-order chi connectivity index (χ1) is 9.46. The lowest BCUT2D eigenvalue weighted by Crippen LogP contribution is -2.36. The smallest absolute Gasteiger partial charge is 0.351 e. The zero-order valence-corrected chi connectivity index (χ0v) is 10.5. The number of aliphatic hydroxyl groups excluding tert-OH is 3. The van der Waals surface area contributed by atoms with E-state index in [9.17, 15) is 15.0 Å². The van der Waals surface area contributed by atoms with Gasteiger partial charge in [-0.1, -0.05) is 0 Å². The molecule has 0 saturated carbocycles. The summed E-state index contributed by atoms with van der Waals surface area (Å²) < 4.78 is 6.19. The number of aliphatic hydroxyl groups is 3. The molecule has 0 radical (unpaired) electrons. The molecule has 1 saturated heterocycles. The Kier molecular flexibility index (Phi) is 5.58. The summed E-state index contributed by atoms with van der Waals surface area (Å²) in [6.45, 7) is -0.453. The van der Waals surface area contributed by atoms with E-state index in [1.165, 1.54) is 12.3 Å². The van der Waals surface area contributed by atoms with Gasteiger partial charge in [0.2, 0.25) is 0 Å². The van der Waals surface area contributed by atoms with Gasteiger partial charge in [0.15, 0.2) is 6.23 Å². The Morgan fingerprint density at radius 3 is 2.55 bits per heavy atom. The van der Waals surface area contributed by atoms with Crippen molar-refractivity contribution in [2.75, 3.05) is 12.3 Å². The molecular formula is C10H17N5O5. The maximum absolute atomic E-state index is 11.5. The van der Waals surface area contributed by atoms with Crippen LogP contribution in [0, 0.1) is 5.41 Å². The summed E-state index contributed by atoms with van der Waals surface area (Å²) in [5.41, 5.74) is 9.02. The molecule has 0 bridgehead atoms. The lowest BCUT2D eigenvalue weighted by atomic mass is 10.1. The van der Waals surface area contributed by atoms with Gasteiger partial charge in [-0.25, -0.2) is 4.79 Å². The Balaban J connectivity index is 0.000000612. The maximum Gasteiger partial charge on any atom is 0.351 e. The van der Waals surface area contributed by atoms with Crippen molar-refractivity contribution in [1.82, 2.24) is 9.55 Å². The highest BCUT2D eigenvalue weighted by Crippen LogP contribution is 2.27. The van der Waals surface area contributed by atoms with E-state index in [1.54, 1.807) is 0 Å². The van der Waals surface area contributed by atoms with Crippen LogP contribution in [0.4, 0.5) is 5.82 Å². The van der Waals surface area contributed by atoms with E-state index in [0.29, 0.717) is 0 Å². The zero-order valence-electron chi connectivity index (χ0n) is 10.5. The van der Waals surface area contributed by atoms with Crippen molar-refractivity contribution < 1.29 is 20.1 Å². The van der Waals surface area contributed by atoms with E-state index in [1.807, 2.05) is 0 Å². The van der Waals surface area contributed by atoms with Crippen LogP contribution in [-0.4, -0.2) is 56.1 Å². The first-order valence-corrected chi connectivity index (χ1v) is 5.64. The van der Waals surface area contributed by atoms with Gasteiger partial charge in [-0.05, 0) is 6.07 Å². The van der Waals surface area contributed by atoms with Gasteiger partial charge in [0.25, 0.3) is 0 Å². The summed E-state index contributed by atoms with van der Waals surface area (Å²) in [5.74, 6) is 0.0537. The molecule has 0 unspecified atom stereocenters. The Morgan fingerprint density at radius 2 is 2.10 bits per heavy atom. The summed E-state index contributed by atoms with van der Waals surface area (Å²) in [6.07, 6.45) is -2.52. The minimum absolute atomic E-state index is 0.0537. The zero-order chi connectivity index (χ0) is 15.3. The van der Waals surface area contributed by atoms with Gasteiger partial charge in [0, 0.05) is 6.20 Å². The number of nitrogens with two attached hydrogens (primary N) is 2. The number of ether oxygens (including phenoxy) is 1. The first kappa shape index (κ1) is 16.0. The highest BCUT2D eigenvalue weighted by molar-refractivity contribution is 5.46. The summed E-state index contributed by atoms with van der Waals surface area (Å²) in [7, 11) is 0. The maximum atomic E-state index is 11.5. The molecule has 0 spiro atoms. The normalized spacial score (nSPS) is 28.6. The average molecular weight is 287 g/mol. The van der Waals surface area contributed by atoms with Gasteiger partial charge in [-0.15, -0.1) is 0 Å². The van der Waals surface area contributed by atoms with Gasteiger partial charge in [-0.2, -0.15) is 4.98 Å². The van der Waals surface area contributed by atoms with Crippen molar-refractivity contribution in [3.63, 3.8) is 0 Å². The van der Waals surface area contributed by atoms with Gasteiger partial charge in [0.05, 0.1) is 12.9 Å². The molecule has 10 heteroatoms. The molecule has 8 N–H and O–H groups in total. The standard InChI is InChI=1S/C9H13N3O5.CH4N2/c10-5-1-2-12(9(16)11-5)8-7(15)6(14)4(3-13)17-8;2-1-3/h1-2,4,6-8,13-15H,3H2,(H2,10,11,16);1H,(H3,2,3)/t4-,6-,7+,8-;/m1./s1. The third-order valence-corrected chi connectivity index (χ3v) is 2.64. The number of nitrogen functional groups attached to an aromatic ring is 1. The second-order valence-electron chi connectivity index (χ2n) is 3.94. The van der Waals surface area contributed by atoms with Gasteiger partial charge >= 0.3 is 5.69 Å². The molecule has 10 nitrogen and oxygen atoms in total. The Bertz CT molecular complexity index is 507. The molecule has 1 aliphatic rings. The molecule has 0 amide bonds. The molecule has 1 aromatic rings. The van der Waals surface area contributed by atoms with Crippen molar-refractivity contribution in [3.05, 3.63) is 22.7 Å². The molecule has 0 aliphatic carbocycles. The van der Waals surface area contributed by atoms with Crippen LogP contribution in [0.5, 0.6) is 0 Å². The fourth-order valence-electron chi connectivity index (χ4n) is 1.73. The van der Waals surface area contributed by atoms with Crippen LogP contribution in [-0.2, 0) is 4.74 Å². The molecule has 2 rings (SSSR count). The molecule has 112 valence electrons. The number of hydrogen-bond donors (Lipinski definition) is 6. The molecule has 1 fully saturated rings. The second kappa shape index (κ2) is 6.96. The lowest BCUT2D eigenvalue weighted by Gasteiger charge is -2.16. The summed E-state index contributed by atoms with van der Waals surface area (Å²) in [5, 5.41) is 34.0. The van der Waals surface area contributed by atoms with Gasteiger partial charge in [0.1, 0.15) is 24.1 Å². The number of rotatable bonds is 2. The van der Waals surface area contributed by atoms with E-state index in [-0.39, 0.29) is 5.82 Å². The minimum atomic E-state index is -1.31. The summed E-state index contributed by atoms with van der Waals surface area (Å²) in [6, 6.07) is 1.37. The Hall–Kier alpha value is -2.01. The molecule has 1 aliphatic heterocycles. The minimum Gasteiger partial charge on any atom is -0.394 e. The lowest BCUT2D eigenvalue weighted by molar-refractivity contribution is -0.0549. The van der Waals surface area contributed by atoms with Crippen LogP contribution in [0.3, 0.4) is 0 Å². The largest absolute Gasteiger partial charge is 0.394 e. The van der Waals surface area contributed by atoms with Gasteiger partial charge < -0.3 is 31.5 Å². The third kappa shape index (κ3) is 3.30. The monoisotopic (exact) mass is 287 g/mol. The molecule has 1 aromatic heterocycles. The quantitative estimate of drug-likeness (QED) is 0.245. The fraction of sp³-hybridized carbons (Fsp3) is 0.500. The molecule has 4 atom stereocenters. The van der Waals surface area contributed by atoms with Gasteiger partial charge in [-0.3, -0.25) is 9.98 Å². The molecule has 20 heavy (non-hydrogen) atoms. The van der Waals surface area contributed by atoms with Crippen molar-refractivity contribution >= 4 is 12.2 Å². The van der Waals surface area contributed by atoms with E-state index in [4.69, 9.17) is 21.0 Å². The molecule has 0 aromatic carbocycles. The fourth-order valence-corrected chi connectivity index (χ4v) is 1.73. The SMILES string of the molecule is N=CN.Nc1ccn([C@@H]2O[C@H](CO)[C@@H](O)[C@@H]2O)c(=O)n1. The van der Waals surface area contributed by atoms with Crippen molar-refractivity contribution in [2.45, 2.75) is 24.5 Å². The summed E-state index contributed by atoms with van der Waals surface area (Å²) >= 11 is 0. The van der Waals surface area contributed by atoms with Crippen molar-refractivity contribution in [2.24, 2.45) is 5.73 Å². The van der Waals surface area contributed by atoms with Crippen LogP contribution >= 0.6 is 0 Å². The van der Waals surface area contributed by atoms with E-state index < -0.39 is 36.8 Å². The van der Waals surface area contributed by atoms with E-state index in [0.717, 1.165) is 10.9 Å². The predicted molar refractivity (Wildman–Crippen MR) is 68.9 cm³/mol. The number of aromatic nitrogens is 2. The van der Waals surface area contributed by atoms with Crippen molar-refractivity contribution in [1.29, 1.82) is 5.41 Å². The van der Waals surface area contributed by atoms with Crippen LogP contribution in [0.2, 0.25) is 0 Å². The highest BCUT2D eigenvalue weighted by atomic mass is 16.6. The van der Waals surface area contributed by atoms with Crippen LogP contribution < -0.4 is 17.2 Å². The molecule has 2 heterocycles. The third-order valence-electron chi connectivity index (χ3n) is 2.64. The number of hydrogen-bond acceptors (Lipinski definition) is 8. The number of anilines is 1. The second-order valence-corrected chi connectivity index (χ2v) is 3.94. The van der Waals surface area contributed by atoms with Crippen LogP contribution in [0.15, 0.2) is 17.1 Å². The highest BCUT2D eigenvalue weighted by Gasteiger charge is 2.43. The Morgan fingerprint density at radius 1 is 1.50 bits per heavy atom. The Labute approximate surface area is 113 Å². The van der Waals surface area contributed by atoms with E-state index >= 15 is 0 Å². The predicted octanol–water partition coefficient (Wildman–Crippen LogP) is -3.01. The average Bonchev–Trinajstić information content (AvgIpc) is 2.67. The topological polar surface area (TPSA) is 181 Å². The first-order valence-electron chi connectivity index (χ1n) is 5.64. The van der Waals surface area contributed by atoms with Crippen molar-refractivity contribution in [3.8, 4) is 0 Å². The van der Waals surface area contributed by atoms with Crippen LogP contribution in [0.1, 0.15) is 6.23 Å². The van der Waals surface area contributed by atoms with E-state index in [2.05, 4.69) is 10.7 Å². The number of nitrogens with zero attached hydrogens (tertiary/aromatic N) is 2. The molecular weight excluding hydrogens is 270 g/mol. The van der Waals surface area contributed by atoms with Crippen LogP contribution in [0.25, 0.3) is 0 Å². The summed E-state index contributed by atoms with van der Waals surface area (Å²) in [4.78, 5) is 15.0.